The molecule has 0 spiro atoms. The number of hydrogen-bond donors (Lipinski definition) is 3. The van der Waals surface area contributed by atoms with Gasteiger partial charge < -0.3 is 15.3 Å². The zero-order valence-electron chi connectivity index (χ0n) is 15.1. The van der Waals surface area contributed by atoms with Gasteiger partial charge in [0.25, 0.3) is 0 Å². The fraction of sp³-hybridized carbons (Fsp3) is 0.526. The van der Waals surface area contributed by atoms with Crippen LogP contribution in [0.3, 0.4) is 0 Å². The van der Waals surface area contributed by atoms with Crippen LogP contribution in [-0.2, 0) is 14.4 Å². The van der Waals surface area contributed by atoms with E-state index in [4.69, 9.17) is 0 Å². The van der Waals surface area contributed by atoms with Gasteiger partial charge in [-0.3, -0.25) is 9.59 Å². The molecule has 1 aliphatic rings. The number of carbonyl (C=O) groups is 3. The average molecular weight is 378 g/mol. The SMILES string of the molecule is CC[C@H](C)[C@H](S)C(=O)NCC(=O)N1[C@@H](c2ccccc2)CC[C@H]1C(=O)O. The number of rotatable bonds is 7. The van der Waals surface area contributed by atoms with E-state index in [-0.39, 0.29) is 30.3 Å². The van der Waals surface area contributed by atoms with Gasteiger partial charge in [-0.2, -0.15) is 12.6 Å². The molecule has 0 aromatic heterocycles. The normalized spacial score (nSPS) is 21.9. The average Bonchev–Trinajstić information content (AvgIpc) is 3.10. The summed E-state index contributed by atoms with van der Waals surface area (Å²) in [4.78, 5) is 37.9. The van der Waals surface area contributed by atoms with Gasteiger partial charge in [0.2, 0.25) is 11.8 Å². The maximum atomic E-state index is 12.7. The summed E-state index contributed by atoms with van der Waals surface area (Å²) >= 11 is 4.31. The van der Waals surface area contributed by atoms with Crippen LogP contribution in [0.4, 0.5) is 0 Å². The molecular formula is C19H26N2O4S. The second kappa shape index (κ2) is 9.07. The highest BCUT2D eigenvalue weighted by atomic mass is 32.1. The molecule has 1 fully saturated rings. The minimum atomic E-state index is -1.02. The van der Waals surface area contributed by atoms with Crippen LogP contribution in [0.2, 0.25) is 0 Å². The third-order valence-corrected chi connectivity index (χ3v) is 5.75. The smallest absolute Gasteiger partial charge is 0.326 e. The number of carboxylic acid groups (broad SMARTS) is 1. The van der Waals surface area contributed by atoms with E-state index < -0.39 is 17.3 Å². The van der Waals surface area contributed by atoms with Gasteiger partial charge in [0.05, 0.1) is 17.8 Å². The number of carboxylic acids is 1. The quantitative estimate of drug-likeness (QED) is 0.635. The number of likely N-dealkylation sites (tertiary alicyclic amines) is 1. The van der Waals surface area contributed by atoms with E-state index in [9.17, 15) is 19.5 Å². The zero-order chi connectivity index (χ0) is 19.3. The van der Waals surface area contributed by atoms with E-state index in [1.165, 1.54) is 4.90 Å². The lowest BCUT2D eigenvalue weighted by Crippen LogP contribution is -2.47. The topological polar surface area (TPSA) is 86.7 Å². The second-order valence-electron chi connectivity index (χ2n) is 6.71. The summed E-state index contributed by atoms with van der Waals surface area (Å²) in [5.41, 5.74) is 0.905. The van der Waals surface area contributed by atoms with Gasteiger partial charge in [0.1, 0.15) is 6.04 Å². The molecule has 6 nitrogen and oxygen atoms in total. The van der Waals surface area contributed by atoms with Crippen LogP contribution in [-0.4, -0.2) is 45.6 Å². The molecule has 0 unspecified atom stereocenters. The summed E-state index contributed by atoms with van der Waals surface area (Å²) in [6.45, 7) is 3.67. The van der Waals surface area contributed by atoms with Gasteiger partial charge >= 0.3 is 5.97 Å². The zero-order valence-corrected chi connectivity index (χ0v) is 16.0. The Balaban J connectivity index is 2.09. The van der Waals surface area contributed by atoms with Gasteiger partial charge in [0.15, 0.2) is 0 Å². The molecule has 0 bridgehead atoms. The van der Waals surface area contributed by atoms with Crippen molar-refractivity contribution in [3.63, 3.8) is 0 Å². The van der Waals surface area contributed by atoms with Crippen LogP contribution in [0.5, 0.6) is 0 Å². The van der Waals surface area contributed by atoms with Gasteiger partial charge in [-0.15, -0.1) is 0 Å². The maximum Gasteiger partial charge on any atom is 0.326 e. The van der Waals surface area contributed by atoms with Crippen LogP contribution in [0.15, 0.2) is 30.3 Å². The van der Waals surface area contributed by atoms with E-state index in [1.54, 1.807) is 0 Å². The van der Waals surface area contributed by atoms with Crippen LogP contribution >= 0.6 is 12.6 Å². The Kier molecular flexibility index (Phi) is 7.08. The van der Waals surface area contributed by atoms with Crippen molar-refractivity contribution in [2.45, 2.75) is 50.4 Å². The molecule has 2 N–H and O–H groups in total. The van der Waals surface area contributed by atoms with Crippen molar-refractivity contribution in [2.24, 2.45) is 5.92 Å². The molecule has 7 heteroatoms. The summed E-state index contributed by atoms with van der Waals surface area (Å²) in [6, 6.07) is 8.23. The summed E-state index contributed by atoms with van der Waals surface area (Å²) in [5.74, 6) is -1.63. The highest BCUT2D eigenvalue weighted by Gasteiger charge is 2.41. The van der Waals surface area contributed by atoms with Crippen LogP contribution < -0.4 is 5.32 Å². The molecule has 26 heavy (non-hydrogen) atoms. The van der Waals surface area contributed by atoms with E-state index in [2.05, 4.69) is 17.9 Å². The minimum absolute atomic E-state index is 0.0871. The fourth-order valence-corrected chi connectivity index (χ4v) is 3.55. The Bertz CT molecular complexity index is 652. The third-order valence-electron chi connectivity index (χ3n) is 5.01. The summed E-state index contributed by atoms with van der Waals surface area (Å²) in [7, 11) is 0. The molecule has 142 valence electrons. The molecule has 0 radical (unpaired) electrons. The Labute approximate surface area is 159 Å². The summed E-state index contributed by atoms with van der Waals surface area (Å²) in [5, 5.41) is 11.6. The van der Waals surface area contributed by atoms with E-state index in [0.29, 0.717) is 12.8 Å². The molecular weight excluding hydrogens is 352 g/mol. The van der Waals surface area contributed by atoms with Gasteiger partial charge in [-0.05, 0) is 24.3 Å². The van der Waals surface area contributed by atoms with Gasteiger partial charge in [0, 0.05) is 0 Å². The predicted molar refractivity (Wildman–Crippen MR) is 102 cm³/mol. The molecule has 1 aromatic rings. The highest BCUT2D eigenvalue weighted by Crippen LogP contribution is 2.36. The number of aliphatic carboxylic acids is 1. The minimum Gasteiger partial charge on any atom is -0.480 e. The second-order valence-corrected chi connectivity index (χ2v) is 7.26. The van der Waals surface area contributed by atoms with Crippen molar-refractivity contribution in [3.05, 3.63) is 35.9 Å². The number of nitrogens with zero attached hydrogens (tertiary/aromatic N) is 1. The van der Waals surface area contributed by atoms with Crippen molar-refractivity contribution in [1.29, 1.82) is 0 Å². The predicted octanol–water partition coefficient (Wildman–Crippen LogP) is 2.26. The first-order valence-electron chi connectivity index (χ1n) is 8.91. The van der Waals surface area contributed by atoms with Crippen molar-refractivity contribution < 1.29 is 19.5 Å². The number of benzene rings is 1. The van der Waals surface area contributed by atoms with E-state index >= 15 is 0 Å². The number of amides is 2. The molecule has 1 saturated heterocycles. The van der Waals surface area contributed by atoms with Crippen LogP contribution in [0.1, 0.15) is 44.7 Å². The molecule has 1 aliphatic heterocycles. The van der Waals surface area contributed by atoms with Crippen molar-refractivity contribution in [2.75, 3.05) is 6.54 Å². The molecule has 2 rings (SSSR count). The Morgan fingerprint density at radius 3 is 2.50 bits per heavy atom. The first-order chi connectivity index (χ1) is 12.4. The number of hydrogen-bond acceptors (Lipinski definition) is 4. The molecule has 4 atom stereocenters. The molecule has 0 saturated carbocycles. The molecule has 0 aliphatic carbocycles. The highest BCUT2D eigenvalue weighted by molar-refractivity contribution is 7.81. The Hall–Kier alpha value is -2.02. The first kappa shape index (κ1) is 20.3. The van der Waals surface area contributed by atoms with Gasteiger partial charge in [-0.25, -0.2) is 4.79 Å². The fourth-order valence-electron chi connectivity index (χ4n) is 3.24. The van der Waals surface area contributed by atoms with Gasteiger partial charge in [-0.1, -0.05) is 50.6 Å². The van der Waals surface area contributed by atoms with Crippen molar-refractivity contribution in [3.8, 4) is 0 Å². The van der Waals surface area contributed by atoms with Crippen LogP contribution in [0, 0.1) is 5.92 Å². The summed E-state index contributed by atoms with van der Waals surface area (Å²) in [6.07, 6.45) is 1.79. The van der Waals surface area contributed by atoms with Crippen molar-refractivity contribution in [1.82, 2.24) is 10.2 Å². The lowest BCUT2D eigenvalue weighted by Gasteiger charge is -2.29. The molecule has 2 amide bonds. The van der Waals surface area contributed by atoms with Crippen LogP contribution in [0.25, 0.3) is 0 Å². The first-order valence-corrected chi connectivity index (χ1v) is 9.43. The van der Waals surface area contributed by atoms with E-state index in [1.807, 2.05) is 44.2 Å². The van der Waals surface area contributed by atoms with E-state index in [0.717, 1.165) is 12.0 Å². The Morgan fingerprint density at radius 2 is 1.92 bits per heavy atom. The largest absolute Gasteiger partial charge is 0.480 e. The summed E-state index contributed by atoms with van der Waals surface area (Å²) < 4.78 is 0. The molecule has 1 heterocycles. The number of thiol groups is 1. The standard InChI is InChI=1S/C19H26N2O4S/c1-3-12(2)17(26)18(23)20-11-16(22)21-14(9-10-15(21)19(24)25)13-7-5-4-6-8-13/h4-8,12,14-15,17,26H,3,9-11H2,1-2H3,(H,20,23)(H,24,25)/t12-,14+,15-,17-/m0/s1. The maximum absolute atomic E-state index is 12.7. The van der Waals surface area contributed by atoms with Crippen molar-refractivity contribution >= 4 is 30.4 Å². The Morgan fingerprint density at radius 1 is 1.27 bits per heavy atom. The molecule has 1 aromatic carbocycles. The third kappa shape index (κ3) is 4.58. The lowest BCUT2D eigenvalue weighted by atomic mass is 10.0. The monoisotopic (exact) mass is 378 g/mol. The number of carbonyl (C=O) groups excluding carboxylic acids is 2. The lowest BCUT2D eigenvalue weighted by molar-refractivity contribution is -0.149. The number of nitrogens with one attached hydrogen (secondary N) is 1.